The zero-order valence-corrected chi connectivity index (χ0v) is 15.2. The molecule has 0 saturated heterocycles. The molecule has 136 valence electrons. The molecule has 0 N–H and O–H groups in total. The zero-order valence-electron chi connectivity index (χ0n) is 15.2. The topological polar surface area (TPSA) is 65.1 Å². The standard InChI is InChI=1S/C20H21NO5/c1-14-10-11-16(12-17(14)18(13-24-3)19(22)25-4)26-20(23)21(2)15-8-6-5-7-9-15/h5-13H,1-4H3/b18-13+. The van der Waals surface area contributed by atoms with E-state index in [1.54, 1.807) is 37.4 Å². The summed E-state index contributed by atoms with van der Waals surface area (Å²) >= 11 is 0. The van der Waals surface area contributed by atoms with E-state index in [0.29, 0.717) is 17.0 Å². The third kappa shape index (κ3) is 4.42. The lowest BCUT2D eigenvalue weighted by molar-refractivity contribution is -0.133. The van der Waals surface area contributed by atoms with Crippen LogP contribution in [0, 0.1) is 6.92 Å². The maximum atomic E-state index is 12.4. The smallest absolute Gasteiger partial charge is 0.419 e. The number of methoxy groups -OCH3 is 2. The summed E-state index contributed by atoms with van der Waals surface area (Å²) in [7, 11) is 4.36. The third-order valence-corrected chi connectivity index (χ3v) is 3.76. The van der Waals surface area contributed by atoms with Gasteiger partial charge in [0, 0.05) is 12.7 Å². The average Bonchev–Trinajstić information content (AvgIpc) is 2.67. The summed E-state index contributed by atoms with van der Waals surface area (Å²) in [6, 6.07) is 14.2. The quantitative estimate of drug-likeness (QED) is 0.464. The molecule has 0 bridgehead atoms. The minimum atomic E-state index is -0.542. The van der Waals surface area contributed by atoms with Gasteiger partial charge in [-0.2, -0.15) is 0 Å². The van der Waals surface area contributed by atoms with E-state index in [-0.39, 0.29) is 5.57 Å². The fourth-order valence-corrected chi connectivity index (χ4v) is 2.33. The minimum Gasteiger partial charge on any atom is -0.503 e. The normalized spacial score (nSPS) is 10.8. The first-order valence-corrected chi connectivity index (χ1v) is 7.90. The Bertz CT molecular complexity index is 814. The highest BCUT2D eigenvalue weighted by Crippen LogP contribution is 2.26. The Kier molecular flexibility index (Phi) is 6.38. The molecule has 0 spiro atoms. The second-order valence-corrected chi connectivity index (χ2v) is 5.50. The molecule has 0 fully saturated rings. The van der Waals surface area contributed by atoms with Crippen LogP contribution in [0.1, 0.15) is 11.1 Å². The lowest BCUT2D eigenvalue weighted by Gasteiger charge is -2.17. The molecule has 0 heterocycles. The van der Waals surface area contributed by atoms with Crippen LogP contribution in [0.5, 0.6) is 5.75 Å². The summed E-state index contributed by atoms with van der Waals surface area (Å²) in [6.45, 7) is 1.84. The number of hydrogen-bond donors (Lipinski definition) is 0. The van der Waals surface area contributed by atoms with Gasteiger partial charge in [-0.25, -0.2) is 9.59 Å². The van der Waals surface area contributed by atoms with Gasteiger partial charge in [-0.3, -0.25) is 4.90 Å². The van der Waals surface area contributed by atoms with Gasteiger partial charge in [0.15, 0.2) is 0 Å². The molecule has 6 heteroatoms. The van der Waals surface area contributed by atoms with Crippen molar-refractivity contribution in [2.75, 3.05) is 26.2 Å². The van der Waals surface area contributed by atoms with Gasteiger partial charge in [-0.05, 0) is 42.3 Å². The highest BCUT2D eigenvalue weighted by molar-refractivity contribution is 6.16. The zero-order chi connectivity index (χ0) is 19.1. The number of rotatable bonds is 5. The van der Waals surface area contributed by atoms with Gasteiger partial charge in [0.25, 0.3) is 0 Å². The molecule has 1 amide bonds. The van der Waals surface area contributed by atoms with Crippen molar-refractivity contribution < 1.29 is 23.8 Å². The van der Waals surface area contributed by atoms with E-state index in [1.165, 1.54) is 25.4 Å². The number of hydrogen-bond acceptors (Lipinski definition) is 5. The second kappa shape index (κ2) is 8.71. The van der Waals surface area contributed by atoms with Crippen LogP contribution >= 0.6 is 0 Å². The van der Waals surface area contributed by atoms with Gasteiger partial charge in [-0.1, -0.05) is 24.3 Å². The Morgan fingerprint density at radius 1 is 1.04 bits per heavy atom. The van der Waals surface area contributed by atoms with Crippen molar-refractivity contribution in [2.24, 2.45) is 0 Å². The van der Waals surface area contributed by atoms with Crippen molar-refractivity contribution in [1.29, 1.82) is 0 Å². The van der Waals surface area contributed by atoms with Gasteiger partial charge in [0.05, 0.1) is 20.5 Å². The Labute approximate surface area is 152 Å². The van der Waals surface area contributed by atoms with E-state index in [2.05, 4.69) is 0 Å². The fourth-order valence-electron chi connectivity index (χ4n) is 2.33. The van der Waals surface area contributed by atoms with Gasteiger partial charge in [-0.15, -0.1) is 0 Å². The van der Waals surface area contributed by atoms with Gasteiger partial charge < -0.3 is 14.2 Å². The Balaban J connectivity index is 2.27. The van der Waals surface area contributed by atoms with Crippen molar-refractivity contribution in [2.45, 2.75) is 6.92 Å². The lowest BCUT2D eigenvalue weighted by Crippen LogP contribution is -2.29. The van der Waals surface area contributed by atoms with Crippen molar-refractivity contribution in [3.8, 4) is 5.75 Å². The van der Waals surface area contributed by atoms with Crippen LogP contribution in [0.3, 0.4) is 0 Å². The average molecular weight is 355 g/mol. The van der Waals surface area contributed by atoms with Crippen molar-refractivity contribution >= 4 is 23.3 Å². The Hall–Kier alpha value is -3.28. The number of carbonyl (C=O) groups excluding carboxylic acids is 2. The predicted octanol–water partition coefficient (Wildman–Crippen LogP) is 3.79. The van der Waals surface area contributed by atoms with Crippen LogP contribution in [0.15, 0.2) is 54.8 Å². The first-order chi connectivity index (χ1) is 12.5. The number of nitrogens with zero attached hydrogens (tertiary/aromatic N) is 1. The summed E-state index contributed by atoms with van der Waals surface area (Å²) in [4.78, 5) is 25.8. The first kappa shape index (κ1) is 19.1. The SMILES string of the molecule is CO/C=C(/C(=O)OC)c1cc(OC(=O)N(C)c2ccccc2)ccc1C. The molecular formula is C20H21NO5. The molecular weight excluding hydrogens is 334 g/mol. The van der Waals surface area contributed by atoms with E-state index < -0.39 is 12.1 Å². The number of amides is 1. The molecule has 6 nitrogen and oxygen atoms in total. The third-order valence-electron chi connectivity index (χ3n) is 3.76. The highest BCUT2D eigenvalue weighted by atomic mass is 16.6. The largest absolute Gasteiger partial charge is 0.503 e. The number of anilines is 1. The minimum absolute atomic E-state index is 0.238. The summed E-state index contributed by atoms with van der Waals surface area (Å²) in [5, 5.41) is 0. The maximum absolute atomic E-state index is 12.4. The maximum Gasteiger partial charge on any atom is 0.419 e. The van der Waals surface area contributed by atoms with Crippen LogP contribution in [-0.4, -0.2) is 33.3 Å². The second-order valence-electron chi connectivity index (χ2n) is 5.50. The van der Waals surface area contributed by atoms with E-state index in [4.69, 9.17) is 14.2 Å². The number of carbonyl (C=O) groups is 2. The summed E-state index contributed by atoms with van der Waals surface area (Å²) < 4.78 is 15.2. The van der Waals surface area contributed by atoms with E-state index in [1.807, 2.05) is 25.1 Å². The number of aryl methyl sites for hydroxylation is 1. The Morgan fingerprint density at radius 3 is 2.35 bits per heavy atom. The van der Waals surface area contributed by atoms with Crippen LogP contribution < -0.4 is 9.64 Å². The molecule has 0 radical (unpaired) electrons. The van der Waals surface area contributed by atoms with Gasteiger partial charge in [0.2, 0.25) is 0 Å². The summed E-state index contributed by atoms with van der Waals surface area (Å²) in [5.74, 6) is -0.232. The van der Waals surface area contributed by atoms with Crippen molar-refractivity contribution in [3.63, 3.8) is 0 Å². The van der Waals surface area contributed by atoms with Crippen molar-refractivity contribution in [3.05, 3.63) is 65.9 Å². The van der Waals surface area contributed by atoms with Crippen molar-refractivity contribution in [1.82, 2.24) is 0 Å². The first-order valence-electron chi connectivity index (χ1n) is 7.90. The van der Waals surface area contributed by atoms with E-state index in [9.17, 15) is 9.59 Å². The molecule has 0 aliphatic rings. The summed E-state index contributed by atoms with van der Waals surface area (Å²) in [6.07, 6.45) is 0.761. The monoisotopic (exact) mass is 355 g/mol. The number of para-hydroxylation sites is 1. The summed E-state index contributed by atoms with van der Waals surface area (Å²) in [5.41, 5.74) is 2.32. The molecule has 0 aromatic heterocycles. The fraction of sp³-hybridized carbons (Fsp3) is 0.200. The van der Waals surface area contributed by atoms with Crippen LogP contribution in [0.25, 0.3) is 5.57 Å². The molecule has 0 unspecified atom stereocenters. The highest BCUT2D eigenvalue weighted by Gasteiger charge is 2.18. The molecule has 0 aliphatic carbocycles. The van der Waals surface area contributed by atoms with E-state index >= 15 is 0 Å². The van der Waals surface area contributed by atoms with Crippen LogP contribution in [0.4, 0.5) is 10.5 Å². The molecule has 0 atom stereocenters. The van der Waals surface area contributed by atoms with Gasteiger partial charge in [0.1, 0.15) is 11.3 Å². The molecule has 26 heavy (non-hydrogen) atoms. The Morgan fingerprint density at radius 2 is 1.73 bits per heavy atom. The number of esters is 1. The predicted molar refractivity (Wildman–Crippen MR) is 99.1 cm³/mol. The van der Waals surface area contributed by atoms with Gasteiger partial charge >= 0.3 is 12.1 Å². The van der Waals surface area contributed by atoms with E-state index in [0.717, 1.165) is 5.56 Å². The number of ether oxygens (including phenoxy) is 3. The molecule has 0 aliphatic heterocycles. The molecule has 2 rings (SSSR count). The molecule has 0 saturated carbocycles. The van der Waals surface area contributed by atoms with Crippen LogP contribution in [-0.2, 0) is 14.3 Å². The lowest BCUT2D eigenvalue weighted by atomic mass is 10.0. The molecule has 2 aromatic rings. The number of benzene rings is 2. The molecule has 2 aromatic carbocycles. The van der Waals surface area contributed by atoms with Crippen LogP contribution in [0.2, 0.25) is 0 Å².